The molecular weight excluding hydrogens is 1340 g/mol. The molecule has 0 radical (unpaired) electrons. The lowest BCUT2D eigenvalue weighted by atomic mass is 9.86. The summed E-state index contributed by atoms with van der Waals surface area (Å²) in [6.45, 7) is 2.25. The normalized spacial score (nSPS) is 15.5. The highest BCUT2D eigenvalue weighted by Crippen LogP contribution is 2.30. The second-order valence-electron chi connectivity index (χ2n) is 21.5. The number of carbonyl (C=O) groups excluding carboxylic acids is 1. The van der Waals surface area contributed by atoms with Gasteiger partial charge >= 0.3 is 0 Å². The molecule has 0 unspecified atom stereocenters. The van der Waals surface area contributed by atoms with Crippen molar-refractivity contribution in [2.75, 3.05) is 74.0 Å². The zero-order valence-corrected chi connectivity index (χ0v) is 56.9. The summed E-state index contributed by atoms with van der Waals surface area (Å²) in [6, 6.07) is 12.7. The van der Waals surface area contributed by atoms with E-state index in [4.69, 9.17) is 65.9 Å². The molecule has 2 aliphatic carbocycles. The van der Waals surface area contributed by atoms with Crippen molar-refractivity contribution in [1.29, 1.82) is 0 Å². The maximum atomic E-state index is 10.6. The molecule has 6 aromatic heterocycles. The number of anilines is 4. The summed E-state index contributed by atoms with van der Waals surface area (Å²) < 4.78 is 11.3. The summed E-state index contributed by atoms with van der Waals surface area (Å²) in [5, 5.41) is 50.3. The highest BCUT2D eigenvalue weighted by atomic mass is 35.5. The molecule has 1 aliphatic heterocycles. The number of fused-ring (bicyclic) bond motifs is 2. The van der Waals surface area contributed by atoms with Crippen LogP contribution in [-0.2, 0) is 9.47 Å². The zero-order chi connectivity index (χ0) is 73.0. The van der Waals surface area contributed by atoms with Crippen LogP contribution in [0.1, 0.15) is 73.6 Å². The summed E-state index contributed by atoms with van der Waals surface area (Å²) in [6.07, 6.45) is 28.8. The van der Waals surface area contributed by atoms with Gasteiger partial charge in [-0.1, -0.05) is 23.2 Å². The zero-order valence-electron chi connectivity index (χ0n) is 55.4. The first-order chi connectivity index (χ1) is 50.6. The molecule has 0 atom stereocenters. The second-order valence-corrected chi connectivity index (χ2v) is 22.2. The SMILES string of the molecule is C#CC#CC#CC#CC#CC#CC#CC#CC#CC#CC#CC#CC#CC#CC#CC#CC#C.O=Cc1cnc(NCC2CCC(Nc3ccc4ccnc(Cl)c4n3)CC2)nc1.OCC(CO)CO.OCC1COC(c2cnc(NCC3CCC(Nc4ccc5ccnc(Cl)c5n4)CC3)nc2)OC1. The molecule has 7 heterocycles. The lowest BCUT2D eigenvalue weighted by Crippen LogP contribution is -2.30. The van der Waals surface area contributed by atoms with E-state index >= 15 is 0 Å². The topological polar surface area (TPSA) is 268 Å². The number of terminal acetylenes is 2. The largest absolute Gasteiger partial charge is 0.396 e. The fourth-order valence-corrected chi connectivity index (χ4v) is 9.52. The quantitative estimate of drug-likeness (QED) is 0.0286. The highest BCUT2D eigenvalue weighted by Gasteiger charge is 2.26. The molecule has 0 spiro atoms. The minimum absolute atomic E-state index is 0.0306. The number of aliphatic hydroxyl groups is 4. The Balaban J connectivity index is 0.000000232. The monoisotopic (exact) mass is 1400 g/mol. The third-order valence-electron chi connectivity index (χ3n) is 14.3. The van der Waals surface area contributed by atoms with Gasteiger partial charge in [0, 0.05) is 185 Å². The van der Waals surface area contributed by atoms with Crippen LogP contribution in [0.5, 0.6) is 0 Å². The van der Waals surface area contributed by atoms with Crippen LogP contribution in [0, 0.1) is 226 Å². The van der Waals surface area contributed by atoms with E-state index in [0.29, 0.717) is 64.9 Å². The van der Waals surface area contributed by atoms with Crippen molar-refractivity contribution in [2.24, 2.45) is 23.7 Å². The number of halogens is 2. The Kier molecular flexibility index (Phi) is 37.3. The molecular formula is C82H62Cl2N12O7. The van der Waals surface area contributed by atoms with Gasteiger partial charge in [-0.3, -0.25) is 4.79 Å². The highest BCUT2D eigenvalue weighted by molar-refractivity contribution is 6.34. The predicted molar refractivity (Wildman–Crippen MR) is 399 cm³/mol. The van der Waals surface area contributed by atoms with Crippen molar-refractivity contribution in [1.82, 2.24) is 39.9 Å². The molecule has 9 rings (SSSR count). The maximum absolute atomic E-state index is 10.6. The van der Waals surface area contributed by atoms with Crippen molar-refractivity contribution >= 4 is 74.8 Å². The Morgan fingerprint density at radius 2 is 0.777 bits per heavy atom. The molecule has 1 saturated heterocycles. The molecule has 103 heavy (non-hydrogen) atoms. The van der Waals surface area contributed by atoms with Gasteiger partial charge in [-0.15, -0.1) is 12.8 Å². The van der Waals surface area contributed by atoms with E-state index in [1.165, 1.54) is 12.4 Å². The van der Waals surface area contributed by atoms with Gasteiger partial charge in [0.2, 0.25) is 11.9 Å². The first-order valence-electron chi connectivity index (χ1n) is 31.7. The van der Waals surface area contributed by atoms with Crippen molar-refractivity contribution in [2.45, 2.75) is 69.7 Å². The Labute approximate surface area is 610 Å². The number of hydrogen-bond donors (Lipinski definition) is 8. The number of nitrogens with one attached hydrogen (secondary N) is 4. The lowest BCUT2D eigenvalue weighted by molar-refractivity contribution is -0.209. The van der Waals surface area contributed by atoms with Crippen LogP contribution >= 0.6 is 23.2 Å². The number of hydrogen-bond acceptors (Lipinski definition) is 19. The molecule has 0 bridgehead atoms. The molecule has 6 aromatic rings. The molecule has 2 saturated carbocycles. The van der Waals surface area contributed by atoms with Crippen LogP contribution in [-0.4, -0.2) is 131 Å². The number of aromatic nitrogens is 8. The van der Waals surface area contributed by atoms with E-state index < -0.39 is 6.29 Å². The summed E-state index contributed by atoms with van der Waals surface area (Å²) in [5.41, 5.74) is 2.73. The number of nitrogens with zero attached hydrogens (tertiary/aromatic N) is 8. The van der Waals surface area contributed by atoms with Crippen molar-refractivity contribution in [3.8, 4) is 202 Å². The van der Waals surface area contributed by atoms with Gasteiger partial charge < -0.3 is 51.2 Å². The lowest BCUT2D eigenvalue weighted by Gasteiger charge is -2.29. The van der Waals surface area contributed by atoms with Crippen molar-refractivity contribution in [3.05, 3.63) is 95.0 Å². The molecule has 3 fully saturated rings. The predicted octanol–water partition coefficient (Wildman–Crippen LogP) is 6.66. The Morgan fingerprint density at radius 3 is 1.08 bits per heavy atom. The van der Waals surface area contributed by atoms with Gasteiger partial charge in [-0.2, -0.15) is 0 Å². The van der Waals surface area contributed by atoms with Crippen LogP contribution < -0.4 is 21.3 Å². The minimum atomic E-state index is -0.469. The van der Waals surface area contributed by atoms with Gasteiger partial charge in [-0.05, 0) is 194 Å². The number of aldehydes is 1. The van der Waals surface area contributed by atoms with Crippen LogP contribution in [0.4, 0.5) is 23.5 Å². The Morgan fingerprint density at radius 1 is 0.447 bits per heavy atom. The van der Waals surface area contributed by atoms with Gasteiger partial charge in [0.15, 0.2) is 22.9 Å². The molecule has 8 N–H and O–H groups in total. The van der Waals surface area contributed by atoms with Gasteiger partial charge in [0.05, 0.1) is 45.2 Å². The molecule has 0 aromatic carbocycles. The standard InChI is InChI=1S/C34H2.C24H29ClN6O3.C20H21ClN6O.C4H10O3/c1-3-5-7-9-11-13-15-17-19-21-23-25-27-29-31-33-34-32-30-28-26-24-22-20-18-16-14-12-10-8-6-4-2;25-22-21-17(7-8-26-22)3-6-20(31-21)30-19-4-1-15(2-5-19)9-27-24-28-10-18(11-29-24)23-33-13-16(12-32)14-34-23;21-19-18-15(7-8-22-19)3-6-17(27-18)26-16-4-1-13(2-5-16)9-23-20-24-10-14(12-28)11-25-20;5-1-4(2-6)3-7/h1-2H;3,6-8,10-11,15-16,19,23,32H,1-2,4-5,9,12-14H2,(H,30,31)(H,27,28,29);3,6-8,10-13,16H,1-2,4-5,9H2,(H,26,27)(H,23,24,25);4-7H,1-3H2. The second kappa shape index (κ2) is 48.7. The van der Waals surface area contributed by atoms with E-state index in [1.54, 1.807) is 24.8 Å². The number of ether oxygens (including phenoxy) is 2. The summed E-state index contributed by atoms with van der Waals surface area (Å²) >= 11 is 12.4. The fraction of sp³-hybridized carbons (Fsp3) is 0.280. The first kappa shape index (κ1) is 79.0. The van der Waals surface area contributed by atoms with E-state index in [9.17, 15) is 4.79 Å². The van der Waals surface area contributed by atoms with Crippen LogP contribution in [0.25, 0.3) is 21.8 Å². The van der Waals surface area contributed by atoms with Crippen molar-refractivity contribution < 1.29 is 34.7 Å². The van der Waals surface area contributed by atoms with Gasteiger partial charge in [-0.25, -0.2) is 39.9 Å². The number of rotatable bonds is 16. The van der Waals surface area contributed by atoms with E-state index in [2.05, 4.69) is 251 Å². The molecule has 21 heteroatoms. The maximum Gasteiger partial charge on any atom is 0.222 e. The molecule has 506 valence electrons. The third kappa shape index (κ3) is 31.6. The number of carbonyl (C=O) groups is 1. The average Bonchev–Trinajstić information content (AvgIpc) is 0.830. The van der Waals surface area contributed by atoms with Crippen molar-refractivity contribution in [3.63, 3.8) is 0 Å². The number of aliphatic hydroxyl groups excluding tert-OH is 4. The van der Waals surface area contributed by atoms with Gasteiger partial charge in [0.25, 0.3) is 0 Å². The van der Waals surface area contributed by atoms with Crippen LogP contribution in [0.3, 0.4) is 0 Å². The first-order valence-corrected chi connectivity index (χ1v) is 32.4. The Bertz CT molecular complexity index is 4880. The summed E-state index contributed by atoms with van der Waals surface area (Å²) in [5.74, 6) is 81.9. The average molecular weight is 1400 g/mol. The Hall–Kier alpha value is -13.0. The molecule has 19 nitrogen and oxygen atoms in total. The third-order valence-corrected chi connectivity index (χ3v) is 14.9. The van der Waals surface area contributed by atoms with Crippen LogP contribution in [0.2, 0.25) is 10.3 Å². The van der Waals surface area contributed by atoms with E-state index in [0.717, 1.165) is 110 Å². The van der Waals surface area contributed by atoms with E-state index in [-0.39, 0.29) is 38.3 Å². The van der Waals surface area contributed by atoms with E-state index in [1.807, 2.05) is 36.4 Å². The molecule has 3 aliphatic rings. The van der Waals surface area contributed by atoms with Gasteiger partial charge in [0.1, 0.15) is 22.7 Å². The fourth-order valence-electron chi connectivity index (χ4n) is 9.10. The van der Waals surface area contributed by atoms with Crippen LogP contribution in [0.15, 0.2) is 73.6 Å². The summed E-state index contributed by atoms with van der Waals surface area (Å²) in [7, 11) is 0. The number of pyridine rings is 4. The smallest absolute Gasteiger partial charge is 0.222 e. The minimum Gasteiger partial charge on any atom is -0.396 e. The summed E-state index contributed by atoms with van der Waals surface area (Å²) in [4.78, 5) is 45.3. The molecule has 0 amide bonds.